The second kappa shape index (κ2) is 6.02. The van der Waals surface area contributed by atoms with Crippen LogP contribution in [-0.2, 0) is 4.79 Å². The average Bonchev–Trinajstić information content (AvgIpc) is 3.33. The van der Waals surface area contributed by atoms with E-state index >= 15 is 0 Å². The highest BCUT2D eigenvalue weighted by molar-refractivity contribution is 6.06. The molecule has 5 heteroatoms. The van der Waals surface area contributed by atoms with Crippen LogP contribution >= 0.6 is 0 Å². The summed E-state index contributed by atoms with van der Waals surface area (Å²) in [7, 11) is 0. The smallest absolute Gasteiger partial charge is 0.233 e. The second-order valence-electron chi connectivity index (χ2n) is 6.32. The Hall–Kier alpha value is -1.26. The molecular weight excluding hydrogens is 254 g/mol. The fourth-order valence-electron chi connectivity index (χ4n) is 3.29. The minimum absolute atomic E-state index is 0.0226. The van der Waals surface area contributed by atoms with Crippen LogP contribution in [0.4, 0.5) is 0 Å². The molecule has 2 aliphatic carbocycles. The Labute approximate surface area is 121 Å². The van der Waals surface area contributed by atoms with Gasteiger partial charge < -0.3 is 16.3 Å². The highest BCUT2D eigenvalue weighted by Gasteiger charge is 2.43. The third-order valence-electron chi connectivity index (χ3n) is 5.19. The molecule has 0 atom stereocenters. The van der Waals surface area contributed by atoms with Crippen LogP contribution in [0.1, 0.15) is 52.4 Å². The number of amidine groups is 1. The number of rotatable bonds is 8. The van der Waals surface area contributed by atoms with Gasteiger partial charge in [0, 0.05) is 6.54 Å². The number of nitrogens with zero attached hydrogens (tertiary/aromatic N) is 1. The highest BCUT2D eigenvalue weighted by atomic mass is 16.4. The van der Waals surface area contributed by atoms with E-state index in [2.05, 4.69) is 10.5 Å². The summed E-state index contributed by atoms with van der Waals surface area (Å²) in [6.07, 6.45) is 6.33. The van der Waals surface area contributed by atoms with Gasteiger partial charge in [0.15, 0.2) is 5.84 Å². The number of hydrogen-bond acceptors (Lipinski definition) is 3. The molecule has 2 aliphatic rings. The van der Waals surface area contributed by atoms with Gasteiger partial charge in [-0.3, -0.25) is 4.79 Å². The van der Waals surface area contributed by atoms with Gasteiger partial charge in [0.1, 0.15) is 5.41 Å². The van der Waals surface area contributed by atoms with Gasteiger partial charge in [-0.25, -0.2) is 0 Å². The van der Waals surface area contributed by atoms with Gasteiger partial charge >= 0.3 is 0 Å². The molecule has 2 saturated carbocycles. The fourth-order valence-corrected chi connectivity index (χ4v) is 3.29. The van der Waals surface area contributed by atoms with Crippen LogP contribution in [-0.4, -0.2) is 23.5 Å². The first-order valence-electron chi connectivity index (χ1n) is 7.85. The van der Waals surface area contributed by atoms with E-state index in [9.17, 15) is 4.79 Å². The summed E-state index contributed by atoms with van der Waals surface area (Å²) < 4.78 is 0. The standard InChI is InChI=1S/C15H27N3O2/c1-3-15(4-2,13(16)18-20)14(19)17-9-12(10-5-6-10)11-7-8-11/h10-12,20H,3-9H2,1-2H3,(H2,16,18)(H,17,19). The Bertz CT molecular complexity index is 371. The summed E-state index contributed by atoms with van der Waals surface area (Å²) in [5.41, 5.74) is 4.90. The number of oxime groups is 1. The molecule has 114 valence electrons. The van der Waals surface area contributed by atoms with Crippen molar-refractivity contribution in [3.8, 4) is 0 Å². The first-order valence-corrected chi connectivity index (χ1v) is 7.85. The summed E-state index contributed by atoms with van der Waals surface area (Å²) >= 11 is 0. The van der Waals surface area contributed by atoms with Crippen molar-refractivity contribution >= 4 is 11.7 Å². The average molecular weight is 281 g/mol. The molecule has 0 heterocycles. The third kappa shape index (κ3) is 2.91. The normalized spacial score (nSPS) is 20.2. The number of nitrogens with one attached hydrogen (secondary N) is 1. The number of carbonyl (C=O) groups is 1. The molecule has 0 aliphatic heterocycles. The van der Waals surface area contributed by atoms with Crippen LogP contribution in [0, 0.1) is 23.2 Å². The van der Waals surface area contributed by atoms with Gasteiger partial charge in [0.25, 0.3) is 0 Å². The van der Waals surface area contributed by atoms with Crippen molar-refractivity contribution in [1.82, 2.24) is 5.32 Å². The fraction of sp³-hybridized carbons (Fsp3) is 0.867. The predicted molar refractivity (Wildman–Crippen MR) is 78.4 cm³/mol. The summed E-state index contributed by atoms with van der Waals surface area (Å²) in [5.74, 6) is 2.18. The maximum absolute atomic E-state index is 12.5. The lowest BCUT2D eigenvalue weighted by Gasteiger charge is -2.29. The molecule has 0 saturated heterocycles. The molecule has 0 bridgehead atoms. The number of carbonyl (C=O) groups excluding carboxylic acids is 1. The van der Waals surface area contributed by atoms with Crippen molar-refractivity contribution in [2.45, 2.75) is 52.4 Å². The summed E-state index contributed by atoms with van der Waals surface area (Å²) in [5, 5.41) is 15.1. The van der Waals surface area contributed by atoms with Crippen LogP contribution in [0.2, 0.25) is 0 Å². The van der Waals surface area contributed by atoms with Crippen molar-refractivity contribution in [1.29, 1.82) is 0 Å². The Morgan fingerprint density at radius 2 is 1.80 bits per heavy atom. The van der Waals surface area contributed by atoms with Crippen LogP contribution in [0.25, 0.3) is 0 Å². The molecule has 2 fully saturated rings. The molecule has 2 rings (SSSR count). The zero-order valence-corrected chi connectivity index (χ0v) is 12.6. The van der Waals surface area contributed by atoms with Gasteiger partial charge in [-0.15, -0.1) is 0 Å². The van der Waals surface area contributed by atoms with Gasteiger partial charge in [-0.1, -0.05) is 19.0 Å². The Morgan fingerprint density at radius 3 is 2.15 bits per heavy atom. The minimum Gasteiger partial charge on any atom is -0.409 e. The zero-order valence-electron chi connectivity index (χ0n) is 12.6. The van der Waals surface area contributed by atoms with E-state index in [4.69, 9.17) is 10.9 Å². The molecule has 0 aromatic carbocycles. The molecule has 5 nitrogen and oxygen atoms in total. The van der Waals surface area contributed by atoms with Gasteiger partial charge in [-0.2, -0.15) is 0 Å². The van der Waals surface area contributed by atoms with Gasteiger partial charge in [0.05, 0.1) is 0 Å². The van der Waals surface area contributed by atoms with E-state index in [1.165, 1.54) is 25.7 Å². The third-order valence-corrected chi connectivity index (χ3v) is 5.19. The highest BCUT2D eigenvalue weighted by Crippen LogP contribution is 2.48. The lowest BCUT2D eigenvalue weighted by Crippen LogP contribution is -2.50. The molecule has 0 spiro atoms. The Morgan fingerprint density at radius 1 is 1.30 bits per heavy atom. The summed E-state index contributed by atoms with van der Waals surface area (Å²) in [6, 6.07) is 0. The van der Waals surface area contributed by atoms with E-state index in [0.29, 0.717) is 18.8 Å². The largest absolute Gasteiger partial charge is 0.409 e. The predicted octanol–water partition coefficient (Wildman–Crippen LogP) is 2.09. The van der Waals surface area contributed by atoms with Gasteiger partial charge in [0.2, 0.25) is 5.91 Å². The van der Waals surface area contributed by atoms with Crippen molar-refractivity contribution < 1.29 is 10.0 Å². The number of amides is 1. The maximum Gasteiger partial charge on any atom is 0.233 e. The van der Waals surface area contributed by atoms with E-state index in [1.54, 1.807) is 0 Å². The van der Waals surface area contributed by atoms with Gasteiger partial charge in [-0.05, 0) is 56.3 Å². The molecule has 20 heavy (non-hydrogen) atoms. The first kappa shape index (κ1) is 15.1. The molecule has 0 unspecified atom stereocenters. The molecule has 0 aromatic heterocycles. The lowest BCUT2D eigenvalue weighted by atomic mass is 9.80. The Balaban J connectivity index is 1.97. The van der Waals surface area contributed by atoms with Crippen molar-refractivity contribution in [2.75, 3.05) is 6.54 Å². The van der Waals surface area contributed by atoms with E-state index in [0.717, 1.165) is 18.4 Å². The molecule has 4 N–H and O–H groups in total. The quantitative estimate of drug-likeness (QED) is 0.275. The van der Waals surface area contributed by atoms with Crippen LogP contribution in [0.15, 0.2) is 5.16 Å². The van der Waals surface area contributed by atoms with Crippen LogP contribution in [0.5, 0.6) is 0 Å². The van der Waals surface area contributed by atoms with E-state index < -0.39 is 5.41 Å². The number of hydrogen-bond donors (Lipinski definition) is 3. The maximum atomic E-state index is 12.5. The van der Waals surface area contributed by atoms with Crippen molar-refractivity contribution in [3.63, 3.8) is 0 Å². The van der Waals surface area contributed by atoms with E-state index in [1.807, 2.05) is 13.8 Å². The van der Waals surface area contributed by atoms with Crippen molar-refractivity contribution in [2.24, 2.45) is 34.1 Å². The first-order chi connectivity index (χ1) is 9.58. The van der Waals surface area contributed by atoms with Crippen LogP contribution in [0.3, 0.4) is 0 Å². The summed E-state index contributed by atoms with van der Waals surface area (Å²) in [6.45, 7) is 4.55. The molecule has 1 amide bonds. The lowest BCUT2D eigenvalue weighted by molar-refractivity contribution is -0.128. The minimum atomic E-state index is -0.869. The van der Waals surface area contributed by atoms with Crippen molar-refractivity contribution in [3.05, 3.63) is 0 Å². The number of nitrogens with two attached hydrogens (primary N) is 1. The zero-order chi connectivity index (χ0) is 14.8. The monoisotopic (exact) mass is 281 g/mol. The second-order valence-corrected chi connectivity index (χ2v) is 6.32. The molecular formula is C15H27N3O2. The molecule has 0 aromatic rings. The topological polar surface area (TPSA) is 87.7 Å². The molecule has 0 radical (unpaired) electrons. The van der Waals surface area contributed by atoms with Crippen LogP contribution < -0.4 is 11.1 Å². The SMILES string of the molecule is CCC(CC)(C(=O)NCC(C1CC1)C1CC1)C(N)=NO. The summed E-state index contributed by atoms with van der Waals surface area (Å²) in [4.78, 5) is 12.5. The van der Waals surface area contributed by atoms with E-state index in [-0.39, 0.29) is 11.7 Å². The Kier molecular flexibility index (Phi) is 4.55.